The minimum atomic E-state index is -1.06. The summed E-state index contributed by atoms with van der Waals surface area (Å²) in [5.74, 6) is 1.31. The summed E-state index contributed by atoms with van der Waals surface area (Å²) in [6.07, 6.45) is 0. The van der Waals surface area contributed by atoms with Crippen molar-refractivity contribution in [2.24, 2.45) is 5.16 Å². The number of hydrogen-bond acceptors (Lipinski definition) is 10. The molecule has 6 rings (SSSR count). The van der Waals surface area contributed by atoms with Gasteiger partial charge in [-0.15, -0.1) is 11.3 Å². The van der Waals surface area contributed by atoms with E-state index in [1.165, 1.54) is 35.1 Å². The molecule has 11 nitrogen and oxygen atoms in total. The van der Waals surface area contributed by atoms with Crippen molar-refractivity contribution in [2.45, 2.75) is 44.0 Å². The highest BCUT2D eigenvalue weighted by atomic mass is 32.2. The number of ether oxygens (including phenoxy) is 1. The number of carbonyl (C=O) groups excluding carboxylic acids is 3. The second-order valence-electron chi connectivity index (χ2n) is 14.7. The van der Waals surface area contributed by atoms with E-state index in [1.807, 2.05) is 102 Å². The van der Waals surface area contributed by atoms with Gasteiger partial charge in [0.2, 0.25) is 5.88 Å². The van der Waals surface area contributed by atoms with Gasteiger partial charge in [0.15, 0.2) is 10.8 Å². The third kappa shape index (κ3) is 7.79. The van der Waals surface area contributed by atoms with Crippen LogP contribution in [-0.2, 0) is 29.5 Å². The predicted molar refractivity (Wildman–Crippen MR) is 209 cm³/mol. The van der Waals surface area contributed by atoms with Gasteiger partial charge in [0, 0.05) is 5.38 Å². The van der Waals surface area contributed by atoms with E-state index in [0.717, 1.165) is 21.6 Å². The summed E-state index contributed by atoms with van der Waals surface area (Å²) in [6.45, 7) is 6.20. The molecule has 3 heterocycles. The van der Waals surface area contributed by atoms with Gasteiger partial charge in [-0.25, -0.2) is 9.78 Å². The Balaban J connectivity index is 1.31. The van der Waals surface area contributed by atoms with Crippen LogP contribution in [-0.4, -0.2) is 90.3 Å². The number of nitrogens with one attached hydrogen (secondary N) is 2. The Bertz CT molecular complexity index is 1990. The number of likely N-dealkylation sites (N-methyl/N-ethyl adjacent to an activating group) is 1. The number of oxime groups is 1. The maximum atomic E-state index is 14.0. The van der Waals surface area contributed by atoms with Crippen molar-refractivity contribution in [2.75, 3.05) is 40.1 Å². The summed E-state index contributed by atoms with van der Waals surface area (Å²) in [5, 5.41) is 12.8. The lowest BCUT2D eigenvalue weighted by Crippen LogP contribution is -2.72. The van der Waals surface area contributed by atoms with Crippen LogP contribution >= 0.6 is 23.1 Å². The molecule has 2 aliphatic rings. The summed E-state index contributed by atoms with van der Waals surface area (Å²) in [4.78, 5) is 52.5. The lowest BCUT2D eigenvalue weighted by Gasteiger charge is -2.51. The van der Waals surface area contributed by atoms with Crippen LogP contribution in [0.4, 0.5) is 5.13 Å². The number of quaternary nitrogens is 1. The smallest absolute Gasteiger partial charge is 0.276 e. The van der Waals surface area contributed by atoms with Crippen LogP contribution in [0.25, 0.3) is 0 Å². The van der Waals surface area contributed by atoms with Crippen LogP contribution in [0, 0.1) is 0 Å². The zero-order valence-electron chi connectivity index (χ0n) is 30.7. The molecule has 1 fully saturated rings. The first-order valence-corrected chi connectivity index (χ1v) is 18.8. The van der Waals surface area contributed by atoms with Gasteiger partial charge in [0.25, 0.3) is 11.8 Å². The standard InChI is InChI=1S/C40H42N6O5S2/c1-39(2,3)51-37-30(23-46(4,5)6)53-31(24-47)34-33(36(49)45(34)37)42-35(48)32(44-50-7)29-25-52-38(41-29)43-40(26-17-11-8-12-18-26,27-19-13-9-14-20-27)28-21-15-10-16-22-28/h8-22,25,33-34H,23H2,1-7H3,(H-,41,42,43,48)/p+1. The Kier molecular flexibility index (Phi) is 10.7. The minimum Gasteiger partial charge on any atom is -0.472 e. The lowest BCUT2D eigenvalue weighted by molar-refractivity contribution is -0.864. The first-order chi connectivity index (χ1) is 25.3. The van der Waals surface area contributed by atoms with Crippen molar-refractivity contribution in [3.8, 4) is 0 Å². The number of benzene rings is 3. The Hall–Kier alpha value is -5.20. The Morgan fingerprint density at radius 1 is 0.943 bits per heavy atom. The topological polar surface area (TPSA) is 122 Å². The van der Waals surface area contributed by atoms with Crippen molar-refractivity contribution >= 4 is 51.7 Å². The van der Waals surface area contributed by atoms with Gasteiger partial charge >= 0.3 is 0 Å². The molecular formula is C40H43N6O5S2+. The molecule has 274 valence electrons. The molecule has 4 aromatic rings. The van der Waals surface area contributed by atoms with Gasteiger partial charge in [-0.3, -0.25) is 14.5 Å². The highest BCUT2D eigenvalue weighted by molar-refractivity contribution is 8.07. The molecule has 53 heavy (non-hydrogen) atoms. The normalized spacial score (nSPS) is 17.8. The molecular weight excluding hydrogens is 709 g/mol. The first kappa shape index (κ1) is 37.6. The van der Waals surface area contributed by atoms with Crippen molar-refractivity contribution < 1.29 is 28.4 Å². The molecule has 2 N–H and O–H groups in total. The maximum absolute atomic E-state index is 14.0. The van der Waals surface area contributed by atoms with Gasteiger partial charge in [-0.05, 0) is 37.5 Å². The number of β-lactam (4-membered cyclic amide) rings is 1. The number of hydrogen-bond donors (Lipinski definition) is 2. The third-order valence-electron chi connectivity index (χ3n) is 8.52. The van der Waals surface area contributed by atoms with Crippen molar-refractivity contribution in [3.63, 3.8) is 0 Å². The number of thiazole rings is 1. The first-order valence-electron chi connectivity index (χ1n) is 17.1. The fourth-order valence-corrected chi connectivity index (χ4v) is 8.49. The van der Waals surface area contributed by atoms with Gasteiger partial charge in [-0.1, -0.05) is 108 Å². The molecule has 0 saturated carbocycles. The predicted octanol–water partition coefficient (Wildman–Crippen LogP) is 5.75. The van der Waals surface area contributed by atoms with Gasteiger partial charge < -0.3 is 24.7 Å². The summed E-state index contributed by atoms with van der Waals surface area (Å²) < 4.78 is 6.86. The van der Waals surface area contributed by atoms with Crippen LogP contribution < -0.4 is 10.6 Å². The van der Waals surface area contributed by atoms with E-state index in [2.05, 4.69) is 52.2 Å². The SMILES string of the molecule is CON=C(C(=O)NC1C(=O)N2C(OC(C)(C)C)=C(C[N+](C)(C)C)SC(=C=O)C12)c1csc(NC(c2ccccc2)(c2ccccc2)c2ccccc2)n1. The van der Waals surface area contributed by atoms with Crippen molar-refractivity contribution in [3.05, 3.63) is 134 Å². The lowest BCUT2D eigenvalue weighted by atomic mass is 9.77. The quantitative estimate of drug-likeness (QED) is 0.0470. The Morgan fingerprint density at radius 2 is 1.49 bits per heavy atom. The third-order valence-corrected chi connectivity index (χ3v) is 10.4. The van der Waals surface area contributed by atoms with E-state index in [9.17, 15) is 14.4 Å². The van der Waals surface area contributed by atoms with Crippen molar-refractivity contribution in [1.29, 1.82) is 0 Å². The second kappa shape index (κ2) is 15.0. The summed E-state index contributed by atoms with van der Waals surface area (Å²) >= 11 is 2.54. The van der Waals surface area contributed by atoms with E-state index < -0.39 is 35.0 Å². The van der Waals surface area contributed by atoms with Crippen LogP contribution in [0.5, 0.6) is 0 Å². The largest absolute Gasteiger partial charge is 0.472 e. The highest BCUT2D eigenvalue weighted by Crippen LogP contribution is 2.47. The van der Waals surface area contributed by atoms with Crippen molar-refractivity contribution in [1.82, 2.24) is 15.2 Å². The minimum absolute atomic E-state index is 0.125. The van der Waals surface area contributed by atoms with Crippen LogP contribution in [0.15, 0.2) is 117 Å². The van der Waals surface area contributed by atoms with E-state index in [0.29, 0.717) is 22.0 Å². The van der Waals surface area contributed by atoms with Crippen LogP contribution in [0.3, 0.4) is 0 Å². The molecule has 3 aromatic carbocycles. The van der Waals surface area contributed by atoms with Crippen LogP contribution in [0.2, 0.25) is 0 Å². The zero-order chi connectivity index (χ0) is 38.0. The Morgan fingerprint density at radius 3 is 1.96 bits per heavy atom. The van der Waals surface area contributed by atoms with Gasteiger partial charge in [-0.2, -0.15) is 0 Å². The van der Waals surface area contributed by atoms with E-state index in [4.69, 9.17) is 14.6 Å². The number of anilines is 1. The molecule has 1 saturated heterocycles. The number of rotatable bonds is 12. The monoisotopic (exact) mass is 751 g/mol. The number of thioether (sulfide) groups is 1. The number of aromatic nitrogens is 1. The molecule has 2 unspecified atom stereocenters. The average molecular weight is 752 g/mol. The molecule has 13 heteroatoms. The average Bonchev–Trinajstić information content (AvgIpc) is 3.60. The number of fused-ring (bicyclic) bond motifs is 1. The van der Waals surface area contributed by atoms with Gasteiger partial charge in [0.05, 0.1) is 26.0 Å². The fraction of sp³-hybridized carbons (Fsp3) is 0.300. The van der Waals surface area contributed by atoms with E-state index >= 15 is 0 Å². The summed E-state index contributed by atoms with van der Waals surface area (Å²) in [6, 6.07) is 28.4. The number of amides is 2. The molecule has 0 spiro atoms. The highest BCUT2D eigenvalue weighted by Gasteiger charge is 2.57. The fourth-order valence-electron chi connectivity index (χ4n) is 6.39. The Labute approximate surface area is 318 Å². The number of nitrogens with zero attached hydrogens (tertiary/aromatic N) is 4. The molecule has 2 aliphatic heterocycles. The zero-order valence-corrected chi connectivity index (χ0v) is 32.4. The molecule has 0 radical (unpaired) electrons. The summed E-state index contributed by atoms with van der Waals surface area (Å²) in [5.41, 5.74) is 1.62. The van der Waals surface area contributed by atoms with Crippen LogP contribution in [0.1, 0.15) is 43.2 Å². The van der Waals surface area contributed by atoms with E-state index in [1.54, 1.807) is 5.38 Å². The molecule has 2 amide bonds. The number of carbonyl (C=O) groups is 2. The van der Waals surface area contributed by atoms with Gasteiger partial charge in [0.1, 0.15) is 53.4 Å². The molecule has 2 atom stereocenters. The second-order valence-corrected chi connectivity index (χ2v) is 16.7. The molecule has 0 aliphatic carbocycles. The maximum Gasteiger partial charge on any atom is 0.276 e. The summed E-state index contributed by atoms with van der Waals surface area (Å²) in [7, 11) is 7.38. The molecule has 0 bridgehead atoms. The molecule has 1 aromatic heterocycles. The van der Waals surface area contributed by atoms with E-state index in [-0.39, 0.29) is 16.3 Å².